The molecule has 47 heavy (non-hydrogen) atoms. The molecular weight excluding hydrogens is 755 g/mol. The molecule has 0 aliphatic carbocycles. The summed E-state index contributed by atoms with van der Waals surface area (Å²) in [4.78, 5) is 31.7. The molecule has 0 radical (unpaired) electrons. The van der Waals surface area contributed by atoms with Crippen molar-refractivity contribution in [3.63, 3.8) is 0 Å². The first kappa shape index (κ1) is 54.0. The molecule has 0 aromatic carbocycles. The number of carboxylic acid groups (broad SMARTS) is 3. The van der Waals surface area contributed by atoms with Gasteiger partial charge in [0.1, 0.15) is 0 Å². The minimum atomic E-state index is -0.915. The minimum Gasteiger partial charge on any atom is -0.549 e. The van der Waals surface area contributed by atoms with E-state index in [0.29, 0.717) is 0 Å². The van der Waals surface area contributed by atoms with Crippen molar-refractivity contribution in [1.29, 1.82) is 0 Å². The third kappa shape index (κ3) is 46.3. The number of aliphatic carboxylic acids is 3. The van der Waals surface area contributed by atoms with Gasteiger partial charge in [-0.1, -0.05) is 119 Å². The summed E-state index contributed by atoms with van der Waals surface area (Å²) in [5.74, 6) is -0.475. The molecule has 3 atom stereocenters. The van der Waals surface area contributed by atoms with Crippen molar-refractivity contribution < 1.29 is 29.7 Å². The summed E-state index contributed by atoms with van der Waals surface area (Å²) in [6, 6.07) is 0. The Kier molecular flexibility index (Phi) is 46.8. The number of carbonyl (C=O) groups is 3. The van der Waals surface area contributed by atoms with Crippen LogP contribution in [0.3, 0.4) is 0 Å². The van der Waals surface area contributed by atoms with Crippen molar-refractivity contribution in [1.82, 2.24) is 0 Å². The van der Waals surface area contributed by atoms with E-state index in [1.807, 2.05) is 18.8 Å². The molecule has 0 aromatic rings. The summed E-state index contributed by atoms with van der Waals surface area (Å²) < 4.78 is 1.43. The molecule has 6 nitrogen and oxygen atoms in total. The van der Waals surface area contributed by atoms with Crippen LogP contribution in [-0.2, 0) is 14.4 Å². The van der Waals surface area contributed by atoms with Gasteiger partial charge < -0.3 is 29.7 Å². The van der Waals surface area contributed by atoms with Crippen molar-refractivity contribution >= 4 is 75.7 Å². The zero-order valence-electron chi connectivity index (χ0n) is 31.9. The Labute approximate surface area is 317 Å². The van der Waals surface area contributed by atoms with Gasteiger partial charge in [0.15, 0.2) is 0 Å². The monoisotopic (exact) mass is 828 g/mol. The number of hydrogen-bond acceptors (Lipinski definition) is 9. The maximum Gasteiger partial charge on any atom is 0.0544 e. The molecular formula is C37H72O6S3Sn. The van der Waals surface area contributed by atoms with Gasteiger partial charge in [0.05, 0.1) is 17.9 Å². The van der Waals surface area contributed by atoms with Crippen LogP contribution in [0.2, 0.25) is 4.44 Å². The van der Waals surface area contributed by atoms with Crippen LogP contribution in [0.5, 0.6) is 0 Å². The van der Waals surface area contributed by atoms with Crippen LogP contribution < -0.4 is 15.3 Å². The largest absolute Gasteiger partial charge is 0.549 e. The number of rotatable bonds is 26. The molecule has 0 aromatic heterocycles. The van der Waals surface area contributed by atoms with Crippen LogP contribution in [0, 0.1) is 17.8 Å². The molecule has 0 aliphatic heterocycles. The number of hydrogen-bond donors (Lipinski definition) is 0. The van der Waals surface area contributed by atoms with E-state index < -0.39 is 17.9 Å². The molecule has 0 amide bonds. The molecule has 0 spiro atoms. The van der Waals surface area contributed by atoms with Crippen molar-refractivity contribution in [2.45, 2.75) is 178 Å². The molecule has 0 fully saturated rings. The molecule has 10 heteroatoms. The van der Waals surface area contributed by atoms with Gasteiger partial charge in [-0.05, 0) is 55.8 Å². The van der Waals surface area contributed by atoms with Crippen LogP contribution in [0.1, 0.15) is 158 Å². The molecule has 0 saturated heterocycles. The summed E-state index contributed by atoms with van der Waals surface area (Å²) >= 11 is 5.83. The van der Waals surface area contributed by atoms with Crippen LogP contribution >= 0.6 is 35.3 Å². The predicted octanol–water partition coefficient (Wildman–Crippen LogP) is 7.60. The molecule has 3 unspecified atom stereocenters. The second-order valence-corrected chi connectivity index (χ2v) is 17.9. The van der Waals surface area contributed by atoms with E-state index in [-0.39, 0.29) is 15.7 Å². The van der Waals surface area contributed by atoms with E-state index in [9.17, 15) is 29.7 Å². The fourth-order valence-electron chi connectivity index (χ4n) is 4.35. The van der Waals surface area contributed by atoms with E-state index in [2.05, 4.69) is 48.5 Å². The van der Waals surface area contributed by atoms with Crippen molar-refractivity contribution in [3.05, 3.63) is 0 Å². The minimum absolute atomic E-state index is 0.311. The normalized spacial score (nSPS) is 12.7. The van der Waals surface area contributed by atoms with Gasteiger partial charge in [-0.3, -0.25) is 0 Å². The molecule has 0 bridgehead atoms. The van der Waals surface area contributed by atoms with Gasteiger partial charge in [0, 0.05) is 15.7 Å². The van der Waals surface area contributed by atoms with Crippen LogP contribution in [-0.4, -0.2) is 74.9 Å². The summed E-state index contributed by atoms with van der Waals surface area (Å²) in [5, 5.41) is 30.8. The van der Waals surface area contributed by atoms with Gasteiger partial charge in [-0.25, -0.2) is 0 Å². The number of thioether (sulfide) groups is 3. The first-order valence-electron chi connectivity index (χ1n) is 18.0. The Bertz CT molecular complexity index is 607. The standard InChI is InChI=1S/3C11H22O2S.C4H9.Sn/c3*1-9(2)7-5-4-6-8-10(14-3)11(12)13;1-3-4-2;/h3*9-10H,4-8H2,1-3H3,(H,12,13);1,3-4H2,2H3;/q;;;;+3/p-3. The van der Waals surface area contributed by atoms with E-state index in [1.165, 1.54) is 91.1 Å². The Balaban J connectivity index is -0.000000275. The second kappa shape index (κ2) is 40.7. The first-order chi connectivity index (χ1) is 22.1. The van der Waals surface area contributed by atoms with Crippen LogP contribution in [0.25, 0.3) is 0 Å². The quantitative estimate of drug-likeness (QED) is 0.0642. The topological polar surface area (TPSA) is 120 Å². The smallest absolute Gasteiger partial charge is 0.0544 e. The molecule has 0 heterocycles. The average molecular weight is 828 g/mol. The van der Waals surface area contributed by atoms with Gasteiger partial charge in [-0.2, -0.15) is 35.3 Å². The second-order valence-electron chi connectivity index (χ2n) is 13.3. The molecule has 0 rings (SSSR count). The Hall–Kier alpha value is 0.259. The fraction of sp³-hybridized carbons (Fsp3) is 0.919. The number of carboxylic acids is 3. The van der Waals surface area contributed by atoms with Crippen molar-refractivity contribution in [2.24, 2.45) is 17.8 Å². The third-order valence-corrected chi connectivity index (χ3v) is 11.4. The summed E-state index contributed by atoms with van der Waals surface area (Å²) in [6.45, 7) is 15.5. The van der Waals surface area contributed by atoms with E-state index in [0.717, 1.165) is 75.5 Å². The summed E-state index contributed by atoms with van der Waals surface area (Å²) in [6.07, 6.45) is 24.4. The summed E-state index contributed by atoms with van der Waals surface area (Å²) in [5.41, 5.74) is 0. The third-order valence-electron chi connectivity index (χ3n) is 7.42. The van der Waals surface area contributed by atoms with Crippen molar-refractivity contribution in [3.8, 4) is 0 Å². The van der Waals surface area contributed by atoms with Gasteiger partial charge in [-0.15, -0.1) is 0 Å². The van der Waals surface area contributed by atoms with E-state index in [4.69, 9.17) is 0 Å². The van der Waals surface area contributed by atoms with E-state index >= 15 is 0 Å². The Morgan fingerprint density at radius 2 is 0.702 bits per heavy atom. The van der Waals surface area contributed by atoms with Crippen molar-refractivity contribution in [2.75, 3.05) is 18.8 Å². The summed E-state index contributed by atoms with van der Waals surface area (Å²) in [7, 11) is 0. The van der Waals surface area contributed by atoms with Gasteiger partial charge in [0.2, 0.25) is 0 Å². The predicted molar refractivity (Wildman–Crippen MR) is 206 cm³/mol. The van der Waals surface area contributed by atoms with Crippen LogP contribution in [0.15, 0.2) is 0 Å². The maximum absolute atomic E-state index is 10.6. The van der Waals surface area contributed by atoms with Gasteiger partial charge >= 0.3 is 46.7 Å². The Morgan fingerprint density at radius 1 is 0.468 bits per heavy atom. The van der Waals surface area contributed by atoms with Crippen LogP contribution in [0.4, 0.5) is 0 Å². The maximum atomic E-state index is 10.6. The number of unbranched alkanes of at least 4 members (excludes halogenated alkanes) is 7. The average Bonchev–Trinajstić information content (AvgIpc) is 2.99. The zero-order chi connectivity index (χ0) is 37.0. The first-order valence-corrected chi connectivity index (χ1v) is 23.9. The van der Waals surface area contributed by atoms with Gasteiger partial charge in [0.25, 0.3) is 0 Å². The molecule has 0 aliphatic rings. The molecule has 0 saturated carbocycles. The Morgan fingerprint density at radius 3 is 0.830 bits per heavy atom. The molecule has 0 N–H and O–H groups in total. The zero-order valence-corrected chi connectivity index (χ0v) is 37.2. The SMILES string of the molecule is CCC[CH2][Sn+3].CSC(CCCCCC(C)C)C(=O)[O-].CSC(CCCCCC(C)C)C(=O)[O-].CSC(CCCCCC(C)C)C(=O)[O-]. The molecule has 278 valence electrons. The number of carbonyl (C=O) groups excluding carboxylic acids is 3. The van der Waals surface area contributed by atoms with E-state index in [1.54, 1.807) is 22.5 Å². The fourth-order valence-corrected chi connectivity index (χ4v) is 7.14.